The lowest BCUT2D eigenvalue weighted by Crippen LogP contribution is -2.37. The Bertz CT molecular complexity index is 1070. The molecule has 0 amide bonds. The molecule has 182 valence electrons. The number of hydrogen-bond acceptors (Lipinski definition) is 5. The smallest absolute Gasteiger partial charge is 0.222 e. The largest absolute Gasteiger partial charge is 0.439 e. The summed E-state index contributed by atoms with van der Waals surface area (Å²) in [7, 11) is 1.90. The summed E-state index contributed by atoms with van der Waals surface area (Å²) in [6, 6.07) is 17.9. The Morgan fingerprint density at radius 3 is 2.41 bits per heavy atom. The maximum Gasteiger partial charge on any atom is 0.222 e. The molecule has 1 fully saturated rings. The molecule has 3 aromatic rings. The SMILES string of the molecule is Cn1nc(-c2ccccc2)c(CN(CC(O)COC(C)(C)C)C2CC2)c1Oc1ccc(Cl)cc1. The minimum Gasteiger partial charge on any atom is -0.439 e. The topological polar surface area (TPSA) is 59.8 Å². The lowest BCUT2D eigenvalue weighted by molar-refractivity contribution is -0.0572. The van der Waals surface area contributed by atoms with Gasteiger partial charge in [0.2, 0.25) is 5.88 Å². The average Bonchev–Trinajstić information content (AvgIpc) is 3.60. The van der Waals surface area contributed by atoms with Crippen molar-refractivity contribution in [1.29, 1.82) is 0 Å². The van der Waals surface area contributed by atoms with E-state index in [2.05, 4.69) is 17.0 Å². The molecule has 0 bridgehead atoms. The van der Waals surface area contributed by atoms with E-state index in [1.165, 1.54) is 0 Å². The van der Waals surface area contributed by atoms with Crippen LogP contribution in [0.4, 0.5) is 0 Å². The first-order chi connectivity index (χ1) is 16.2. The van der Waals surface area contributed by atoms with Crippen molar-refractivity contribution in [1.82, 2.24) is 14.7 Å². The number of aliphatic hydroxyl groups is 1. The van der Waals surface area contributed by atoms with Gasteiger partial charge in [0, 0.05) is 36.8 Å². The molecule has 1 aliphatic carbocycles. The zero-order chi connectivity index (χ0) is 24.3. The van der Waals surface area contributed by atoms with E-state index in [1.807, 2.05) is 70.3 Å². The third kappa shape index (κ3) is 6.60. The molecule has 6 nitrogen and oxygen atoms in total. The third-order valence-electron chi connectivity index (χ3n) is 5.74. The maximum absolute atomic E-state index is 10.7. The Hall–Kier alpha value is -2.38. The van der Waals surface area contributed by atoms with Crippen LogP contribution in [0.5, 0.6) is 11.6 Å². The van der Waals surface area contributed by atoms with Crippen LogP contribution < -0.4 is 4.74 Å². The molecular weight excluding hydrogens is 450 g/mol. The van der Waals surface area contributed by atoms with Crippen molar-refractivity contribution in [3.05, 3.63) is 65.2 Å². The summed E-state index contributed by atoms with van der Waals surface area (Å²) in [5, 5.41) is 16.2. The zero-order valence-corrected chi connectivity index (χ0v) is 21.1. The van der Waals surface area contributed by atoms with E-state index in [1.54, 1.807) is 4.68 Å². The van der Waals surface area contributed by atoms with Crippen LogP contribution >= 0.6 is 11.6 Å². The number of benzene rings is 2. The summed E-state index contributed by atoms with van der Waals surface area (Å²) in [6.45, 7) is 7.46. The second-order valence-corrected chi connectivity index (χ2v) is 10.4. The van der Waals surface area contributed by atoms with E-state index < -0.39 is 6.10 Å². The molecule has 0 spiro atoms. The van der Waals surface area contributed by atoms with Crippen molar-refractivity contribution >= 4 is 11.6 Å². The summed E-state index contributed by atoms with van der Waals surface area (Å²) >= 11 is 6.06. The number of aryl methyl sites for hydroxylation is 1. The highest BCUT2D eigenvalue weighted by Gasteiger charge is 2.33. The highest BCUT2D eigenvalue weighted by Crippen LogP contribution is 2.37. The summed E-state index contributed by atoms with van der Waals surface area (Å²) in [5.74, 6) is 1.39. The van der Waals surface area contributed by atoms with Crippen molar-refractivity contribution < 1.29 is 14.6 Å². The third-order valence-corrected chi connectivity index (χ3v) is 5.99. The molecule has 1 aromatic heterocycles. The molecule has 34 heavy (non-hydrogen) atoms. The average molecular weight is 484 g/mol. The Kier molecular flexibility index (Phi) is 7.63. The van der Waals surface area contributed by atoms with E-state index in [0.29, 0.717) is 42.4 Å². The fourth-order valence-corrected chi connectivity index (χ4v) is 4.05. The van der Waals surface area contributed by atoms with Crippen LogP contribution in [0.2, 0.25) is 5.02 Å². The first-order valence-corrected chi connectivity index (χ1v) is 12.2. The van der Waals surface area contributed by atoms with Gasteiger partial charge in [0.15, 0.2) is 0 Å². The second kappa shape index (κ2) is 10.5. The van der Waals surface area contributed by atoms with Crippen LogP contribution in [0, 0.1) is 0 Å². The van der Waals surface area contributed by atoms with Gasteiger partial charge in [0.25, 0.3) is 0 Å². The highest BCUT2D eigenvalue weighted by atomic mass is 35.5. The number of aliphatic hydroxyl groups excluding tert-OH is 1. The van der Waals surface area contributed by atoms with Gasteiger partial charge in [-0.05, 0) is 57.9 Å². The number of aromatic nitrogens is 2. The Balaban J connectivity index is 1.62. The fraction of sp³-hybridized carbons (Fsp3) is 0.444. The molecule has 1 unspecified atom stereocenters. The minimum atomic E-state index is -0.572. The van der Waals surface area contributed by atoms with E-state index in [9.17, 15) is 5.11 Å². The predicted octanol–water partition coefficient (Wildman–Crippen LogP) is 5.67. The molecule has 0 aliphatic heterocycles. The van der Waals surface area contributed by atoms with Gasteiger partial charge in [0.05, 0.1) is 23.9 Å². The molecule has 1 aliphatic rings. The Labute approximate surface area is 207 Å². The molecule has 1 N–H and O–H groups in total. The summed E-state index contributed by atoms with van der Waals surface area (Å²) in [6.07, 6.45) is 1.68. The summed E-state index contributed by atoms with van der Waals surface area (Å²) in [5.41, 5.74) is 2.64. The number of nitrogens with zero attached hydrogens (tertiary/aromatic N) is 3. The van der Waals surface area contributed by atoms with Crippen LogP contribution in [0.25, 0.3) is 11.3 Å². The number of halogens is 1. The van der Waals surface area contributed by atoms with Gasteiger partial charge >= 0.3 is 0 Å². The fourth-order valence-electron chi connectivity index (χ4n) is 3.92. The summed E-state index contributed by atoms with van der Waals surface area (Å²) < 4.78 is 13.9. The van der Waals surface area contributed by atoms with Gasteiger partial charge in [0.1, 0.15) is 11.4 Å². The van der Waals surface area contributed by atoms with Crippen LogP contribution in [-0.2, 0) is 18.3 Å². The highest BCUT2D eigenvalue weighted by molar-refractivity contribution is 6.30. The standard InChI is InChI=1S/C27H34ClN3O3/c1-27(2,3)33-18-22(32)16-31(21-12-13-21)17-24-25(19-8-6-5-7-9-19)29-30(4)26(24)34-23-14-10-20(28)11-15-23/h5-11,14-15,21-22,32H,12-13,16-18H2,1-4H3. The lowest BCUT2D eigenvalue weighted by atomic mass is 10.1. The first-order valence-electron chi connectivity index (χ1n) is 11.8. The van der Waals surface area contributed by atoms with Gasteiger partial charge in [-0.1, -0.05) is 41.9 Å². The lowest BCUT2D eigenvalue weighted by Gasteiger charge is -2.27. The van der Waals surface area contributed by atoms with E-state index in [4.69, 9.17) is 26.2 Å². The minimum absolute atomic E-state index is 0.283. The van der Waals surface area contributed by atoms with Crippen molar-refractivity contribution in [2.75, 3.05) is 13.2 Å². The molecule has 0 radical (unpaired) electrons. The Morgan fingerprint density at radius 1 is 1.12 bits per heavy atom. The van der Waals surface area contributed by atoms with Crippen molar-refractivity contribution in [3.8, 4) is 22.9 Å². The number of ether oxygens (including phenoxy) is 2. The Morgan fingerprint density at radius 2 is 1.79 bits per heavy atom. The second-order valence-electron chi connectivity index (χ2n) is 9.92. The van der Waals surface area contributed by atoms with Gasteiger partial charge in [-0.3, -0.25) is 4.90 Å². The van der Waals surface area contributed by atoms with E-state index in [-0.39, 0.29) is 5.60 Å². The molecule has 0 saturated heterocycles. The zero-order valence-electron chi connectivity index (χ0n) is 20.4. The molecule has 2 aromatic carbocycles. The molecule has 1 heterocycles. The van der Waals surface area contributed by atoms with Gasteiger partial charge in [-0.2, -0.15) is 5.10 Å². The van der Waals surface area contributed by atoms with Crippen molar-refractivity contribution in [2.24, 2.45) is 7.05 Å². The molecule has 1 atom stereocenters. The van der Waals surface area contributed by atoms with Crippen LogP contribution in [0.1, 0.15) is 39.2 Å². The molecule has 4 rings (SSSR count). The molecular formula is C27H34ClN3O3. The van der Waals surface area contributed by atoms with Crippen LogP contribution in [0.15, 0.2) is 54.6 Å². The number of hydrogen-bond donors (Lipinski definition) is 1. The van der Waals surface area contributed by atoms with Crippen LogP contribution in [-0.4, -0.2) is 50.7 Å². The normalized spacial score (nSPS) is 15.0. The van der Waals surface area contributed by atoms with Gasteiger partial charge in [-0.25, -0.2) is 4.68 Å². The predicted molar refractivity (Wildman–Crippen MR) is 135 cm³/mol. The first kappa shape index (κ1) is 24.7. The van der Waals surface area contributed by atoms with E-state index in [0.717, 1.165) is 29.7 Å². The van der Waals surface area contributed by atoms with Crippen molar-refractivity contribution in [3.63, 3.8) is 0 Å². The summed E-state index contributed by atoms with van der Waals surface area (Å²) in [4.78, 5) is 2.33. The maximum atomic E-state index is 10.7. The van der Waals surface area contributed by atoms with Gasteiger partial charge < -0.3 is 14.6 Å². The monoisotopic (exact) mass is 483 g/mol. The molecule has 1 saturated carbocycles. The van der Waals surface area contributed by atoms with E-state index >= 15 is 0 Å². The quantitative estimate of drug-likeness (QED) is 0.402. The number of rotatable bonds is 10. The van der Waals surface area contributed by atoms with Crippen molar-refractivity contribution in [2.45, 2.75) is 57.9 Å². The molecule has 7 heteroatoms. The van der Waals surface area contributed by atoms with Gasteiger partial charge in [-0.15, -0.1) is 0 Å². The van der Waals surface area contributed by atoms with Crippen LogP contribution in [0.3, 0.4) is 0 Å².